The molecular formula is C20H27BrN2O8S. The highest BCUT2D eigenvalue weighted by atomic mass is 79.9. The Morgan fingerprint density at radius 1 is 1.16 bits per heavy atom. The maximum Gasteiger partial charge on any atom is 0.312 e. The second-order valence-corrected chi connectivity index (χ2v) is 9.06. The molecule has 32 heavy (non-hydrogen) atoms. The minimum absolute atomic E-state index is 0.0168. The van der Waals surface area contributed by atoms with Gasteiger partial charge in [0.15, 0.2) is 11.5 Å². The highest BCUT2D eigenvalue weighted by Crippen LogP contribution is 2.49. The summed E-state index contributed by atoms with van der Waals surface area (Å²) in [6, 6.07) is 3.49. The fourth-order valence-corrected chi connectivity index (χ4v) is 4.10. The van der Waals surface area contributed by atoms with E-state index in [-0.39, 0.29) is 25.4 Å². The van der Waals surface area contributed by atoms with Gasteiger partial charge in [0.05, 0.1) is 31.6 Å². The molecule has 1 heterocycles. The highest BCUT2D eigenvalue weighted by Gasteiger charge is 2.25. The largest absolute Gasteiger partial charge is 0.493 e. The first-order valence-electron chi connectivity index (χ1n) is 9.73. The van der Waals surface area contributed by atoms with E-state index in [0.29, 0.717) is 45.0 Å². The molecule has 0 fully saturated rings. The van der Waals surface area contributed by atoms with Crippen LogP contribution in [-0.2, 0) is 21.5 Å². The molecule has 0 spiro atoms. The van der Waals surface area contributed by atoms with Crippen LogP contribution in [0.1, 0.15) is 25.5 Å². The van der Waals surface area contributed by atoms with Gasteiger partial charge in [0.1, 0.15) is 0 Å². The molecule has 0 aliphatic heterocycles. The molecule has 0 radical (unpaired) electrons. The molecule has 178 valence electrons. The molecule has 3 N–H and O–H groups in total. The van der Waals surface area contributed by atoms with E-state index in [2.05, 4.69) is 26.2 Å². The van der Waals surface area contributed by atoms with Crippen LogP contribution in [-0.4, -0.2) is 57.6 Å². The van der Waals surface area contributed by atoms with Crippen LogP contribution < -0.4 is 24.3 Å². The van der Waals surface area contributed by atoms with E-state index in [1.807, 2.05) is 6.92 Å². The van der Waals surface area contributed by atoms with E-state index in [1.54, 1.807) is 12.1 Å². The number of aromatic nitrogens is 1. The number of nitrogens with one attached hydrogen (secondary N) is 2. The van der Waals surface area contributed by atoms with Crippen molar-refractivity contribution in [2.24, 2.45) is 0 Å². The molecule has 0 saturated heterocycles. The number of hydrogen-bond acceptors (Lipinski definition) is 8. The zero-order chi connectivity index (χ0) is 23.9. The fourth-order valence-electron chi connectivity index (χ4n) is 3.07. The first-order valence-corrected chi connectivity index (χ1v) is 12.1. The van der Waals surface area contributed by atoms with Crippen LogP contribution in [0.4, 0.5) is 0 Å². The second kappa shape index (κ2) is 11.5. The smallest absolute Gasteiger partial charge is 0.312 e. The van der Waals surface area contributed by atoms with E-state index < -0.39 is 21.8 Å². The number of methoxy groups -OCH3 is 3. The van der Waals surface area contributed by atoms with Crippen LogP contribution in [0.5, 0.6) is 23.1 Å². The first-order chi connectivity index (χ1) is 15.2. The average molecular weight is 535 g/mol. The molecule has 12 heteroatoms. The number of ether oxygens (including phenoxy) is 4. The normalized spacial score (nSPS) is 11.3. The lowest BCUT2D eigenvalue weighted by Gasteiger charge is -2.16. The van der Waals surface area contributed by atoms with Crippen LogP contribution in [0, 0.1) is 0 Å². The van der Waals surface area contributed by atoms with Gasteiger partial charge in [-0.1, -0.05) is 6.92 Å². The van der Waals surface area contributed by atoms with Gasteiger partial charge in [0, 0.05) is 36.3 Å². The van der Waals surface area contributed by atoms with Gasteiger partial charge in [0.25, 0.3) is 10.1 Å². The Hall–Kier alpha value is -2.28. The van der Waals surface area contributed by atoms with Crippen molar-refractivity contribution in [1.82, 2.24) is 10.3 Å². The summed E-state index contributed by atoms with van der Waals surface area (Å²) in [5, 5.41) is 2.95. The zero-order valence-corrected chi connectivity index (χ0v) is 20.7. The van der Waals surface area contributed by atoms with Gasteiger partial charge in [0.2, 0.25) is 11.6 Å². The number of carbonyl (C=O) groups is 1. The number of halogens is 1. The molecule has 0 atom stereocenters. The van der Waals surface area contributed by atoms with Gasteiger partial charge in [-0.15, -0.1) is 0 Å². The van der Waals surface area contributed by atoms with Gasteiger partial charge < -0.3 is 29.2 Å². The lowest BCUT2D eigenvalue weighted by molar-refractivity contribution is -0.134. The molecule has 0 aliphatic carbocycles. The van der Waals surface area contributed by atoms with Gasteiger partial charge in [-0.25, -0.2) is 0 Å². The number of carbonyl (C=O) groups excluding carboxylic acids is 1. The van der Waals surface area contributed by atoms with Gasteiger partial charge in [-0.05, 0) is 34.5 Å². The quantitative estimate of drug-likeness (QED) is 0.213. The summed E-state index contributed by atoms with van der Waals surface area (Å²) in [4.78, 5) is 15.1. The summed E-state index contributed by atoms with van der Waals surface area (Å²) in [5.41, 5.74) is 1.84. The monoisotopic (exact) mass is 534 g/mol. The number of aromatic amines is 1. The van der Waals surface area contributed by atoms with Crippen molar-refractivity contribution in [3.8, 4) is 34.3 Å². The summed E-state index contributed by atoms with van der Waals surface area (Å²) < 4.78 is 53.3. The summed E-state index contributed by atoms with van der Waals surface area (Å²) in [7, 11) is 0.404. The number of benzene rings is 1. The van der Waals surface area contributed by atoms with Crippen LogP contribution >= 0.6 is 15.9 Å². The maximum absolute atomic E-state index is 12.1. The van der Waals surface area contributed by atoms with Crippen molar-refractivity contribution in [3.05, 3.63) is 22.3 Å². The third-order valence-electron chi connectivity index (χ3n) is 4.47. The number of rotatable bonds is 12. The van der Waals surface area contributed by atoms with Crippen molar-refractivity contribution in [2.75, 3.05) is 33.6 Å². The number of hydrogen-bond donors (Lipinski definition) is 3. The summed E-state index contributed by atoms with van der Waals surface area (Å²) in [6.07, 6.45) is 0.889. The van der Waals surface area contributed by atoms with E-state index in [1.165, 1.54) is 21.3 Å². The van der Waals surface area contributed by atoms with Crippen molar-refractivity contribution in [1.29, 1.82) is 0 Å². The lowest BCUT2D eigenvalue weighted by atomic mass is 10.0. The summed E-state index contributed by atoms with van der Waals surface area (Å²) in [6.45, 7) is 2.07. The average Bonchev–Trinajstić information content (AvgIpc) is 3.04. The SMILES string of the molecule is CCCC(=O)Oc1[nH]c(CNCCS(=O)(=O)O)c(-c2ccc(OC)c(OC)c2OC)c1Br. The first kappa shape index (κ1) is 26.0. The minimum atomic E-state index is -4.10. The van der Waals surface area contributed by atoms with Crippen LogP contribution in [0.3, 0.4) is 0 Å². The van der Waals surface area contributed by atoms with E-state index >= 15 is 0 Å². The van der Waals surface area contributed by atoms with Crippen molar-refractivity contribution in [2.45, 2.75) is 26.3 Å². The third kappa shape index (κ3) is 6.37. The number of H-pyrrole nitrogens is 1. The fraction of sp³-hybridized carbons (Fsp3) is 0.450. The van der Waals surface area contributed by atoms with Gasteiger partial charge in [-0.2, -0.15) is 8.42 Å². The lowest BCUT2D eigenvalue weighted by Crippen LogP contribution is -2.22. The van der Waals surface area contributed by atoms with E-state index in [4.69, 9.17) is 23.5 Å². The topological polar surface area (TPSA) is 136 Å². The molecule has 0 unspecified atom stereocenters. The standard InChI is InChI=1S/C20H27BrN2O8S/c1-5-6-15(24)31-20-17(21)16(13(23-20)11-22-9-10-32(25,26)27)12-7-8-14(28-2)19(30-4)18(12)29-3/h7-8,22-23H,5-6,9-11H2,1-4H3,(H,25,26,27). The Bertz CT molecular complexity index is 1050. The zero-order valence-electron chi connectivity index (χ0n) is 18.3. The second-order valence-electron chi connectivity index (χ2n) is 6.69. The number of esters is 1. The molecule has 2 aromatic rings. The molecule has 0 aliphatic rings. The minimum Gasteiger partial charge on any atom is -0.493 e. The molecular weight excluding hydrogens is 508 g/mol. The molecule has 2 rings (SSSR count). The third-order valence-corrected chi connectivity index (χ3v) is 5.94. The molecule has 10 nitrogen and oxygen atoms in total. The van der Waals surface area contributed by atoms with Gasteiger partial charge in [-0.3, -0.25) is 9.35 Å². The Morgan fingerprint density at radius 3 is 2.41 bits per heavy atom. The van der Waals surface area contributed by atoms with Crippen LogP contribution in [0.2, 0.25) is 0 Å². The Balaban J connectivity index is 2.53. The predicted octanol–water partition coefficient (Wildman–Crippen LogP) is 3.15. The summed E-state index contributed by atoms with van der Waals surface area (Å²) in [5.74, 6) is 0.630. The molecule has 0 bridgehead atoms. The van der Waals surface area contributed by atoms with Crippen LogP contribution in [0.25, 0.3) is 11.1 Å². The van der Waals surface area contributed by atoms with E-state index in [9.17, 15) is 13.2 Å². The van der Waals surface area contributed by atoms with Crippen LogP contribution in [0.15, 0.2) is 16.6 Å². The van der Waals surface area contributed by atoms with Crippen molar-refractivity contribution >= 4 is 32.0 Å². The molecule has 0 amide bonds. The van der Waals surface area contributed by atoms with E-state index in [0.717, 1.165) is 0 Å². The summed E-state index contributed by atoms with van der Waals surface area (Å²) >= 11 is 3.50. The predicted molar refractivity (Wildman–Crippen MR) is 122 cm³/mol. The Labute approximate surface area is 195 Å². The highest BCUT2D eigenvalue weighted by molar-refractivity contribution is 9.10. The molecule has 1 aromatic heterocycles. The Morgan fingerprint density at radius 2 is 1.84 bits per heavy atom. The Kier molecular flexibility index (Phi) is 9.37. The van der Waals surface area contributed by atoms with Gasteiger partial charge >= 0.3 is 5.97 Å². The maximum atomic E-state index is 12.1. The molecule has 1 aromatic carbocycles. The molecule has 0 saturated carbocycles. The van der Waals surface area contributed by atoms with Crippen molar-refractivity contribution < 1.29 is 36.7 Å². The van der Waals surface area contributed by atoms with Crippen molar-refractivity contribution in [3.63, 3.8) is 0 Å².